The first kappa shape index (κ1) is 16.2. The van der Waals surface area contributed by atoms with Crippen LogP contribution < -0.4 is 5.32 Å². The van der Waals surface area contributed by atoms with Gasteiger partial charge in [0, 0.05) is 24.5 Å². The fourth-order valence-corrected chi connectivity index (χ4v) is 3.10. The second-order valence-electron chi connectivity index (χ2n) is 6.04. The van der Waals surface area contributed by atoms with Crippen molar-refractivity contribution in [2.75, 3.05) is 7.11 Å². The van der Waals surface area contributed by atoms with Crippen LogP contribution in [0.5, 0.6) is 0 Å². The van der Waals surface area contributed by atoms with Gasteiger partial charge in [-0.1, -0.05) is 30.3 Å². The van der Waals surface area contributed by atoms with Crippen molar-refractivity contribution in [1.82, 2.24) is 15.3 Å². The number of carbonyl (C=O) groups excluding carboxylic acids is 2. The molecule has 0 radical (unpaired) electrons. The van der Waals surface area contributed by atoms with Crippen LogP contribution in [0.2, 0.25) is 0 Å². The number of benzene rings is 1. The number of esters is 1. The second-order valence-corrected chi connectivity index (χ2v) is 6.04. The van der Waals surface area contributed by atoms with Crippen LogP contribution in [0, 0.1) is 5.92 Å². The number of aromatic amines is 1. The number of amides is 1. The molecule has 6 nitrogen and oxygen atoms in total. The van der Waals surface area contributed by atoms with Gasteiger partial charge in [-0.3, -0.25) is 4.79 Å². The van der Waals surface area contributed by atoms with E-state index in [0.29, 0.717) is 12.8 Å². The number of rotatable bonds is 5. The van der Waals surface area contributed by atoms with Crippen LogP contribution in [0.1, 0.15) is 23.4 Å². The maximum atomic E-state index is 12.6. The van der Waals surface area contributed by atoms with Crippen molar-refractivity contribution in [3.63, 3.8) is 0 Å². The van der Waals surface area contributed by atoms with E-state index in [1.54, 1.807) is 6.33 Å². The number of hydrogen-bond donors (Lipinski definition) is 2. The van der Waals surface area contributed by atoms with Crippen molar-refractivity contribution >= 4 is 11.9 Å². The molecule has 126 valence electrons. The molecule has 0 bridgehead atoms. The van der Waals surface area contributed by atoms with E-state index in [9.17, 15) is 9.59 Å². The molecule has 2 unspecified atom stereocenters. The summed E-state index contributed by atoms with van der Waals surface area (Å²) in [4.78, 5) is 32.0. The summed E-state index contributed by atoms with van der Waals surface area (Å²) >= 11 is 0. The number of carbonyl (C=O) groups is 2. The SMILES string of the molecule is COC(=O)C(Cc1ccccc1)NC(=O)C1CCc2nc[nH]c2C1. The Kier molecular flexibility index (Phi) is 4.93. The summed E-state index contributed by atoms with van der Waals surface area (Å²) in [6, 6.07) is 8.92. The lowest BCUT2D eigenvalue weighted by Gasteiger charge is -2.23. The van der Waals surface area contributed by atoms with Crippen molar-refractivity contribution in [2.24, 2.45) is 5.92 Å². The summed E-state index contributed by atoms with van der Waals surface area (Å²) in [5.74, 6) is -0.687. The van der Waals surface area contributed by atoms with Gasteiger partial charge in [0.2, 0.25) is 5.91 Å². The van der Waals surface area contributed by atoms with E-state index in [-0.39, 0.29) is 11.8 Å². The van der Waals surface area contributed by atoms with E-state index in [1.807, 2.05) is 30.3 Å². The topological polar surface area (TPSA) is 84.1 Å². The average Bonchev–Trinajstić information content (AvgIpc) is 3.09. The highest BCUT2D eigenvalue weighted by atomic mass is 16.5. The third-order valence-electron chi connectivity index (χ3n) is 4.44. The fourth-order valence-electron chi connectivity index (χ4n) is 3.10. The highest BCUT2D eigenvalue weighted by Gasteiger charge is 2.30. The number of imidazole rings is 1. The van der Waals surface area contributed by atoms with Crippen LogP contribution >= 0.6 is 0 Å². The summed E-state index contributed by atoms with van der Waals surface area (Å²) in [5.41, 5.74) is 3.03. The van der Waals surface area contributed by atoms with E-state index in [0.717, 1.165) is 29.8 Å². The molecule has 1 aliphatic carbocycles. The zero-order valence-electron chi connectivity index (χ0n) is 13.6. The van der Waals surface area contributed by atoms with Crippen LogP contribution in [0.4, 0.5) is 0 Å². The van der Waals surface area contributed by atoms with Gasteiger partial charge in [-0.05, 0) is 18.4 Å². The van der Waals surface area contributed by atoms with Crippen LogP contribution in [0.25, 0.3) is 0 Å². The Morgan fingerprint density at radius 1 is 1.38 bits per heavy atom. The highest BCUT2D eigenvalue weighted by Crippen LogP contribution is 2.23. The number of aryl methyl sites for hydroxylation is 1. The smallest absolute Gasteiger partial charge is 0.328 e. The maximum Gasteiger partial charge on any atom is 0.328 e. The van der Waals surface area contributed by atoms with Crippen molar-refractivity contribution in [3.8, 4) is 0 Å². The average molecular weight is 327 g/mol. The summed E-state index contributed by atoms with van der Waals surface area (Å²) in [7, 11) is 1.34. The number of aromatic nitrogens is 2. The standard InChI is InChI=1S/C18H21N3O3/c1-24-18(23)16(9-12-5-3-2-4-6-12)21-17(22)13-7-8-14-15(10-13)20-11-19-14/h2-6,11,13,16H,7-10H2,1H3,(H,19,20)(H,21,22). The molecule has 2 N–H and O–H groups in total. The van der Waals surface area contributed by atoms with Crippen molar-refractivity contribution in [2.45, 2.75) is 31.7 Å². The summed E-state index contributed by atoms with van der Waals surface area (Å²) in [5, 5.41) is 2.86. The second kappa shape index (κ2) is 7.29. The maximum absolute atomic E-state index is 12.6. The molecule has 24 heavy (non-hydrogen) atoms. The van der Waals surface area contributed by atoms with Crippen molar-refractivity contribution < 1.29 is 14.3 Å². The molecule has 1 aromatic carbocycles. The van der Waals surface area contributed by atoms with E-state index < -0.39 is 12.0 Å². The molecule has 1 aromatic heterocycles. The lowest BCUT2D eigenvalue weighted by atomic mass is 9.89. The Balaban J connectivity index is 1.66. The minimum Gasteiger partial charge on any atom is -0.467 e. The number of H-pyrrole nitrogens is 1. The zero-order chi connectivity index (χ0) is 16.9. The Morgan fingerprint density at radius 3 is 2.92 bits per heavy atom. The number of hydrogen-bond acceptors (Lipinski definition) is 4. The van der Waals surface area contributed by atoms with Crippen LogP contribution in [0.3, 0.4) is 0 Å². The first-order valence-electron chi connectivity index (χ1n) is 8.10. The third kappa shape index (κ3) is 3.64. The molecular formula is C18H21N3O3. The normalized spacial score (nSPS) is 17.6. The fraction of sp³-hybridized carbons (Fsp3) is 0.389. The van der Waals surface area contributed by atoms with Crippen molar-refractivity contribution in [1.29, 1.82) is 0 Å². The van der Waals surface area contributed by atoms with Gasteiger partial charge in [0.1, 0.15) is 6.04 Å². The van der Waals surface area contributed by atoms with Crippen LogP contribution in [0.15, 0.2) is 36.7 Å². The molecule has 0 saturated carbocycles. The minimum atomic E-state index is -0.673. The molecule has 0 spiro atoms. The predicted molar refractivity (Wildman–Crippen MR) is 88.2 cm³/mol. The molecule has 1 amide bonds. The minimum absolute atomic E-state index is 0.110. The van der Waals surface area contributed by atoms with Gasteiger partial charge in [0.15, 0.2) is 0 Å². The Hall–Kier alpha value is -2.63. The monoisotopic (exact) mass is 327 g/mol. The molecule has 1 heterocycles. The highest BCUT2D eigenvalue weighted by molar-refractivity contribution is 5.86. The number of methoxy groups -OCH3 is 1. The number of nitrogens with one attached hydrogen (secondary N) is 2. The molecule has 1 aliphatic rings. The molecule has 0 fully saturated rings. The van der Waals surface area contributed by atoms with Gasteiger partial charge in [-0.25, -0.2) is 9.78 Å². The first-order valence-corrected chi connectivity index (χ1v) is 8.10. The van der Waals surface area contributed by atoms with Gasteiger partial charge < -0.3 is 15.0 Å². The molecule has 0 aliphatic heterocycles. The van der Waals surface area contributed by atoms with E-state index in [1.165, 1.54) is 7.11 Å². The van der Waals surface area contributed by atoms with Gasteiger partial charge >= 0.3 is 5.97 Å². The number of nitrogens with zero attached hydrogens (tertiary/aromatic N) is 1. The van der Waals surface area contributed by atoms with Crippen LogP contribution in [-0.4, -0.2) is 35.0 Å². The van der Waals surface area contributed by atoms with Gasteiger partial charge in [-0.15, -0.1) is 0 Å². The lowest BCUT2D eigenvalue weighted by molar-refractivity contribution is -0.145. The molecule has 0 saturated heterocycles. The van der Waals surface area contributed by atoms with Crippen LogP contribution in [-0.2, 0) is 33.6 Å². The molecule has 3 rings (SSSR count). The van der Waals surface area contributed by atoms with Gasteiger partial charge in [0.05, 0.1) is 19.1 Å². The van der Waals surface area contributed by atoms with E-state index >= 15 is 0 Å². The molecule has 6 heteroatoms. The van der Waals surface area contributed by atoms with Crippen molar-refractivity contribution in [3.05, 3.63) is 53.6 Å². The quantitative estimate of drug-likeness (QED) is 0.814. The summed E-state index contributed by atoms with van der Waals surface area (Å²) in [6.45, 7) is 0. The molecule has 2 atom stereocenters. The largest absolute Gasteiger partial charge is 0.467 e. The lowest BCUT2D eigenvalue weighted by Crippen LogP contribution is -2.46. The number of ether oxygens (including phenoxy) is 1. The third-order valence-corrected chi connectivity index (χ3v) is 4.44. The van der Waals surface area contributed by atoms with Gasteiger partial charge in [0.25, 0.3) is 0 Å². The molecule has 2 aromatic rings. The Labute approximate surface area is 140 Å². The van der Waals surface area contributed by atoms with E-state index in [4.69, 9.17) is 4.74 Å². The summed E-state index contributed by atoms with van der Waals surface area (Å²) in [6.07, 6.45) is 4.22. The Morgan fingerprint density at radius 2 is 2.17 bits per heavy atom. The molecular weight excluding hydrogens is 306 g/mol. The van der Waals surface area contributed by atoms with Gasteiger partial charge in [-0.2, -0.15) is 0 Å². The first-order chi connectivity index (χ1) is 11.7. The number of fused-ring (bicyclic) bond motifs is 1. The summed E-state index contributed by atoms with van der Waals surface area (Å²) < 4.78 is 4.85. The zero-order valence-corrected chi connectivity index (χ0v) is 13.6. The van der Waals surface area contributed by atoms with E-state index in [2.05, 4.69) is 15.3 Å². The predicted octanol–water partition coefficient (Wildman–Crippen LogP) is 1.42. The Bertz CT molecular complexity index is 711.